The zero-order valence-corrected chi connectivity index (χ0v) is 9.24. The Morgan fingerprint density at radius 3 is 3.00 bits per heavy atom. The second-order valence-corrected chi connectivity index (χ2v) is 4.13. The smallest absolute Gasteiger partial charge is 0.240 e. The van der Waals surface area contributed by atoms with Crippen molar-refractivity contribution < 1.29 is 8.91 Å². The van der Waals surface area contributed by atoms with E-state index in [9.17, 15) is 4.39 Å². The van der Waals surface area contributed by atoms with Crippen molar-refractivity contribution in [2.75, 3.05) is 0 Å². The normalized spacial score (nSPS) is 14.0. The van der Waals surface area contributed by atoms with E-state index in [1.54, 1.807) is 6.07 Å². The molecule has 1 aliphatic carbocycles. The molecule has 0 aliphatic heterocycles. The first-order chi connectivity index (χ1) is 8.29. The average Bonchev–Trinajstić information content (AvgIpc) is 2.97. The molecule has 0 fully saturated rings. The van der Waals surface area contributed by atoms with Gasteiger partial charge in [-0.3, -0.25) is 0 Å². The molecule has 0 saturated heterocycles. The molecule has 0 spiro atoms. The van der Waals surface area contributed by atoms with Gasteiger partial charge in [0.2, 0.25) is 11.7 Å². The van der Waals surface area contributed by atoms with Gasteiger partial charge in [0.1, 0.15) is 5.82 Å². The van der Waals surface area contributed by atoms with Crippen molar-refractivity contribution >= 4 is 0 Å². The van der Waals surface area contributed by atoms with E-state index in [0.29, 0.717) is 11.5 Å². The highest BCUT2D eigenvalue weighted by Crippen LogP contribution is 2.30. The lowest BCUT2D eigenvalue weighted by atomic mass is 10.0. The van der Waals surface area contributed by atoms with E-state index in [2.05, 4.69) is 10.1 Å². The highest BCUT2D eigenvalue weighted by atomic mass is 19.1. The molecule has 1 heterocycles. The zero-order chi connectivity index (χ0) is 11.8. The minimum atomic E-state index is -0.218. The number of aryl methyl sites for hydroxylation is 1. The molecule has 3 rings (SSSR count). The summed E-state index contributed by atoms with van der Waals surface area (Å²) in [4.78, 5) is 4.04. The van der Waals surface area contributed by atoms with Crippen molar-refractivity contribution in [3.05, 3.63) is 35.0 Å². The third-order valence-electron chi connectivity index (χ3n) is 3.10. The number of hydrogen-bond acceptors (Lipinski definition) is 4. The Morgan fingerprint density at radius 1 is 1.35 bits per heavy atom. The number of hydrogen-bond donors (Lipinski definition) is 1. The summed E-state index contributed by atoms with van der Waals surface area (Å²) in [6.45, 7) is 0.166. The zero-order valence-electron chi connectivity index (χ0n) is 9.24. The quantitative estimate of drug-likeness (QED) is 0.859. The SMILES string of the molecule is NCc1nc(-c2ccc3c(c2F)CCC3)no1. The summed E-state index contributed by atoms with van der Waals surface area (Å²) in [5, 5.41) is 3.74. The third-order valence-corrected chi connectivity index (χ3v) is 3.10. The van der Waals surface area contributed by atoms with Crippen LogP contribution in [0, 0.1) is 5.82 Å². The molecule has 0 bridgehead atoms. The van der Waals surface area contributed by atoms with E-state index in [0.717, 1.165) is 30.4 Å². The van der Waals surface area contributed by atoms with Gasteiger partial charge in [-0.05, 0) is 36.5 Å². The number of fused-ring (bicyclic) bond motifs is 1. The van der Waals surface area contributed by atoms with Gasteiger partial charge in [-0.15, -0.1) is 0 Å². The van der Waals surface area contributed by atoms with Crippen LogP contribution in [0.25, 0.3) is 11.4 Å². The second kappa shape index (κ2) is 3.92. The molecular formula is C12H12FN3O. The lowest BCUT2D eigenvalue weighted by molar-refractivity contribution is 0.380. The maximum Gasteiger partial charge on any atom is 0.240 e. The molecule has 17 heavy (non-hydrogen) atoms. The topological polar surface area (TPSA) is 64.9 Å². The number of rotatable bonds is 2. The first-order valence-electron chi connectivity index (χ1n) is 5.63. The van der Waals surface area contributed by atoms with Crippen molar-refractivity contribution in [1.29, 1.82) is 0 Å². The van der Waals surface area contributed by atoms with Gasteiger partial charge >= 0.3 is 0 Å². The number of halogens is 1. The van der Waals surface area contributed by atoms with Crippen LogP contribution in [0.4, 0.5) is 4.39 Å². The summed E-state index contributed by atoms with van der Waals surface area (Å²) in [5.74, 6) is 0.377. The van der Waals surface area contributed by atoms with Crippen molar-refractivity contribution in [3.8, 4) is 11.4 Å². The van der Waals surface area contributed by atoms with Crippen LogP contribution in [0.2, 0.25) is 0 Å². The second-order valence-electron chi connectivity index (χ2n) is 4.13. The molecular weight excluding hydrogens is 221 g/mol. The summed E-state index contributed by atoms with van der Waals surface area (Å²) >= 11 is 0. The van der Waals surface area contributed by atoms with E-state index in [1.165, 1.54) is 0 Å². The van der Waals surface area contributed by atoms with Crippen LogP contribution in [0.5, 0.6) is 0 Å². The Kier molecular flexibility index (Phi) is 2.40. The molecule has 0 atom stereocenters. The fraction of sp³-hybridized carbons (Fsp3) is 0.333. The van der Waals surface area contributed by atoms with Crippen LogP contribution in [0.3, 0.4) is 0 Å². The van der Waals surface area contributed by atoms with Crippen LogP contribution in [-0.2, 0) is 19.4 Å². The Labute approximate surface area is 97.6 Å². The minimum absolute atomic E-state index is 0.166. The molecule has 0 saturated carbocycles. The maximum absolute atomic E-state index is 14.2. The Morgan fingerprint density at radius 2 is 2.24 bits per heavy atom. The van der Waals surface area contributed by atoms with Crippen molar-refractivity contribution in [2.45, 2.75) is 25.8 Å². The number of nitrogens with two attached hydrogens (primary N) is 1. The maximum atomic E-state index is 14.2. The van der Waals surface area contributed by atoms with E-state index in [4.69, 9.17) is 10.3 Å². The summed E-state index contributed by atoms with van der Waals surface area (Å²) in [6.07, 6.45) is 2.75. The van der Waals surface area contributed by atoms with Gasteiger partial charge in [0, 0.05) is 0 Å². The molecule has 1 aromatic carbocycles. The van der Waals surface area contributed by atoms with Gasteiger partial charge in [0.15, 0.2) is 0 Å². The number of nitrogens with zero attached hydrogens (tertiary/aromatic N) is 2. The van der Waals surface area contributed by atoms with Gasteiger partial charge in [0.25, 0.3) is 0 Å². The molecule has 1 aliphatic rings. The summed E-state index contributed by atoms with van der Waals surface area (Å²) in [7, 11) is 0. The Bertz CT molecular complexity index is 565. The van der Waals surface area contributed by atoms with Gasteiger partial charge in [-0.2, -0.15) is 4.98 Å². The van der Waals surface area contributed by atoms with Gasteiger partial charge in [-0.25, -0.2) is 4.39 Å². The van der Waals surface area contributed by atoms with Crippen LogP contribution >= 0.6 is 0 Å². The lowest BCUT2D eigenvalue weighted by Gasteiger charge is -2.04. The molecule has 4 nitrogen and oxygen atoms in total. The van der Waals surface area contributed by atoms with Crippen molar-refractivity contribution in [3.63, 3.8) is 0 Å². The Balaban J connectivity index is 2.09. The summed E-state index contributed by atoms with van der Waals surface area (Å²) < 4.78 is 19.1. The fourth-order valence-electron chi connectivity index (χ4n) is 2.24. The van der Waals surface area contributed by atoms with E-state index >= 15 is 0 Å². The van der Waals surface area contributed by atoms with Crippen molar-refractivity contribution in [2.24, 2.45) is 5.73 Å². The van der Waals surface area contributed by atoms with Gasteiger partial charge < -0.3 is 10.3 Å². The lowest BCUT2D eigenvalue weighted by Crippen LogP contribution is -1.97. The molecule has 0 unspecified atom stereocenters. The highest BCUT2D eigenvalue weighted by Gasteiger charge is 2.20. The number of aromatic nitrogens is 2. The third kappa shape index (κ3) is 1.63. The molecule has 88 valence electrons. The predicted molar refractivity (Wildman–Crippen MR) is 59.6 cm³/mol. The van der Waals surface area contributed by atoms with Gasteiger partial charge in [-0.1, -0.05) is 11.2 Å². The largest absolute Gasteiger partial charge is 0.338 e. The molecule has 0 radical (unpaired) electrons. The van der Waals surface area contributed by atoms with Gasteiger partial charge in [0.05, 0.1) is 12.1 Å². The highest BCUT2D eigenvalue weighted by molar-refractivity contribution is 5.59. The fourth-order valence-corrected chi connectivity index (χ4v) is 2.24. The van der Waals surface area contributed by atoms with E-state index in [1.807, 2.05) is 6.07 Å². The molecule has 1 aromatic heterocycles. The van der Waals surface area contributed by atoms with Crippen LogP contribution < -0.4 is 5.73 Å². The van der Waals surface area contributed by atoms with Crippen LogP contribution in [0.1, 0.15) is 23.4 Å². The molecule has 0 amide bonds. The monoisotopic (exact) mass is 233 g/mol. The molecule has 2 aromatic rings. The molecule has 2 N–H and O–H groups in total. The van der Waals surface area contributed by atoms with Crippen molar-refractivity contribution in [1.82, 2.24) is 10.1 Å². The van der Waals surface area contributed by atoms with Crippen LogP contribution in [-0.4, -0.2) is 10.1 Å². The Hall–Kier alpha value is -1.75. The number of benzene rings is 1. The summed E-state index contributed by atoms with van der Waals surface area (Å²) in [6, 6.07) is 3.66. The average molecular weight is 233 g/mol. The van der Waals surface area contributed by atoms with Crippen LogP contribution in [0.15, 0.2) is 16.7 Å². The molecule has 5 heteroatoms. The minimum Gasteiger partial charge on any atom is -0.338 e. The standard InChI is InChI=1S/C12H12FN3O/c13-11-8-3-1-2-7(8)4-5-9(11)12-15-10(6-14)17-16-12/h4-5H,1-3,6,14H2. The first-order valence-corrected chi connectivity index (χ1v) is 5.63. The van der Waals surface area contributed by atoms with E-state index in [-0.39, 0.29) is 18.2 Å². The first kappa shape index (κ1) is 10.4. The van der Waals surface area contributed by atoms with E-state index < -0.39 is 0 Å². The predicted octanol–water partition coefficient (Wildman–Crippen LogP) is 1.82. The summed E-state index contributed by atoms with van der Waals surface area (Å²) in [5.41, 5.74) is 7.66.